The summed E-state index contributed by atoms with van der Waals surface area (Å²) in [6, 6.07) is 9.96. The van der Waals surface area contributed by atoms with Gasteiger partial charge in [-0.15, -0.1) is 0 Å². The number of unbranched alkanes of at least 4 members (excludes halogenated alkanes) is 1. The standard InChI is InChI=1S/C24H27BrF6O3/c1-3-7-17-14-19(22(23(26,27)28,24(29,30)31)34-16-32-2)10-11-21(17)18-8-6-9-20(15-18)33-13-5-4-12-25/h6,8-11,14-15H,3-5,7,12-13,16H2,1-2H3. The van der Waals surface area contributed by atoms with E-state index in [1.807, 2.05) is 0 Å². The molecule has 190 valence electrons. The van der Waals surface area contributed by atoms with Gasteiger partial charge in [0.05, 0.1) is 6.61 Å². The molecule has 0 N–H and O–H groups in total. The molecule has 0 unspecified atom stereocenters. The molecule has 0 atom stereocenters. The van der Waals surface area contributed by atoms with Gasteiger partial charge in [-0.2, -0.15) is 26.3 Å². The number of hydrogen-bond donors (Lipinski definition) is 0. The minimum atomic E-state index is -5.77. The summed E-state index contributed by atoms with van der Waals surface area (Å²) < 4.78 is 98.1. The summed E-state index contributed by atoms with van der Waals surface area (Å²) in [6.45, 7) is 1.10. The molecule has 0 saturated heterocycles. The quantitative estimate of drug-likeness (QED) is 0.115. The van der Waals surface area contributed by atoms with Crippen LogP contribution >= 0.6 is 15.9 Å². The minimum Gasteiger partial charge on any atom is -0.494 e. The highest BCUT2D eigenvalue weighted by molar-refractivity contribution is 9.09. The highest BCUT2D eigenvalue weighted by Crippen LogP contribution is 2.53. The summed E-state index contributed by atoms with van der Waals surface area (Å²) in [6.07, 6.45) is -8.97. The van der Waals surface area contributed by atoms with E-state index in [-0.39, 0.29) is 6.42 Å². The van der Waals surface area contributed by atoms with Crippen LogP contribution in [0.2, 0.25) is 0 Å². The van der Waals surface area contributed by atoms with Gasteiger partial charge in [0.1, 0.15) is 12.5 Å². The van der Waals surface area contributed by atoms with Gasteiger partial charge in [-0.1, -0.05) is 59.6 Å². The number of halogens is 7. The van der Waals surface area contributed by atoms with Crippen LogP contribution in [0.5, 0.6) is 5.75 Å². The number of hydrogen-bond acceptors (Lipinski definition) is 3. The van der Waals surface area contributed by atoms with Gasteiger partial charge in [0.2, 0.25) is 0 Å². The SMILES string of the molecule is CCCc1cc(C(OCOC)(C(F)(F)F)C(F)(F)F)ccc1-c1cccc(OCCCCBr)c1. The van der Waals surface area contributed by atoms with Gasteiger partial charge in [-0.05, 0) is 48.1 Å². The van der Waals surface area contributed by atoms with Gasteiger partial charge >= 0.3 is 12.4 Å². The van der Waals surface area contributed by atoms with Crippen LogP contribution in [-0.2, 0) is 21.5 Å². The Morgan fingerprint density at radius 1 is 0.912 bits per heavy atom. The average molecular weight is 557 g/mol. The maximum absolute atomic E-state index is 13.9. The normalized spacial score (nSPS) is 12.7. The van der Waals surface area contributed by atoms with Gasteiger partial charge < -0.3 is 14.2 Å². The Bertz CT molecular complexity index is 900. The van der Waals surface area contributed by atoms with Gasteiger partial charge in [0.25, 0.3) is 5.60 Å². The summed E-state index contributed by atoms with van der Waals surface area (Å²) in [7, 11) is 0.956. The fourth-order valence-corrected chi connectivity index (χ4v) is 3.99. The molecular formula is C24H27BrF6O3. The summed E-state index contributed by atoms with van der Waals surface area (Å²) in [5, 5.41) is 0.856. The van der Waals surface area contributed by atoms with Crippen LogP contribution in [0.25, 0.3) is 11.1 Å². The van der Waals surface area contributed by atoms with E-state index in [0.29, 0.717) is 35.5 Å². The third-order valence-electron chi connectivity index (χ3n) is 5.16. The van der Waals surface area contributed by atoms with E-state index in [4.69, 9.17) is 4.74 Å². The average Bonchev–Trinajstić information content (AvgIpc) is 2.76. The van der Waals surface area contributed by atoms with Crippen LogP contribution in [0.1, 0.15) is 37.3 Å². The lowest BCUT2D eigenvalue weighted by Crippen LogP contribution is -2.56. The number of ether oxygens (including phenoxy) is 3. The molecule has 3 nitrogen and oxygen atoms in total. The third kappa shape index (κ3) is 6.46. The number of aryl methyl sites for hydroxylation is 1. The van der Waals surface area contributed by atoms with E-state index in [1.165, 1.54) is 6.07 Å². The van der Waals surface area contributed by atoms with Crippen molar-refractivity contribution in [3.63, 3.8) is 0 Å². The molecule has 0 aromatic heterocycles. The number of benzene rings is 2. The van der Waals surface area contributed by atoms with Crippen molar-refractivity contribution in [1.29, 1.82) is 0 Å². The van der Waals surface area contributed by atoms with E-state index in [2.05, 4.69) is 25.4 Å². The lowest BCUT2D eigenvalue weighted by atomic mass is 9.86. The zero-order valence-electron chi connectivity index (χ0n) is 18.9. The van der Waals surface area contributed by atoms with E-state index in [1.54, 1.807) is 31.2 Å². The van der Waals surface area contributed by atoms with E-state index in [9.17, 15) is 26.3 Å². The van der Waals surface area contributed by atoms with Crippen molar-refractivity contribution in [2.24, 2.45) is 0 Å². The Labute approximate surface area is 203 Å². The molecule has 2 aromatic rings. The predicted octanol–water partition coefficient (Wildman–Crippen LogP) is 7.80. The molecule has 0 saturated carbocycles. The Hall–Kier alpha value is -1.78. The highest BCUT2D eigenvalue weighted by atomic mass is 79.9. The van der Waals surface area contributed by atoms with E-state index < -0.39 is 30.3 Å². The highest BCUT2D eigenvalue weighted by Gasteiger charge is 2.73. The minimum absolute atomic E-state index is 0.273. The van der Waals surface area contributed by atoms with Gasteiger partial charge in [-0.25, -0.2) is 0 Å². The maximum Gasteiger partial charge on any atom is 0.430 e. The molecular weight excluding hydrogens is 530 g/mol. The fraction of sp³-hybridized carbons (Fsp3) is 0.500. The Balaban J connectivity index is 2.56. The monoisotopic (exact) mass is 556 g/mol. The van der Waals surface area contributed by atoms with Crippen molar-refractivity contribution in [3.05, 3.63) is 53.6 Å². The lowest BCUT2D eigenvalue weighted by molar-refractivity contribution is -0.400. The third-order valence-corrected chi connectivity index (χ3v) is 5.73. The molecule has 34 heavy (non-hydrogen) atoms. The molecule has 0 bridgehead atoms. The summed E-state index contributed by atoms with van der Waals surface area (Å²) in [5.74, 6) is 0.571. The Morgan fingerprint density at radius 2 is 1.62 bits per heavy atom. The van der Waals surface area contributed by atoms with Crippen molar-refractivity contribution >= 4 is 15.9 Å². The van der Waals surface area contributed by atoms with Gasteiger partial charge in [-0.3, -0.25) is 0 Å². The van der Waals surface area contributed by atoms with Gasteiger partial charge in [0.15, 0.2) is 0 Å². The second-order valence-corrected chi connectivity index (χ2v) is 8.41. The zero-order chi connectivity index (χ0) is 25.4. The first-order valence-electron chi connectivity index (χ1n) is 10.7. The second-order valence-electron chi connectivity index (χ2n) is 7.62. The van der Waals surface area contributed by atoms with Crippen molar-refractivity contribution < 1.29 is 40.6 Å². The van der Waals surface area contributed by atoms with Crippen molar-refractivity contribution in [2.45, 2.75) is 50.6 Å². The number of alkyl halides is 7. The molecule has 0 aliphatic rings. The summed E-state index contributed by atoms with van der Waals surface area (Å²) in [4.78, 5) is 0. The molecule has 2 rings (SSSR count). The molecule has 2 aromatic carbocycles. The van der Waals surface area contributed by atoms with Crippen LogP contribution in [0.15, 0.2) is 42.5 Å². The zero-order valence-corrected chi connectivity index (χ0v) is 20.4. The van der Waals surface area contributed by atoms with Crippen LogP contribution in [0, 0.1) is 0 Å². The van der Waals surface area contributed by atoms with E-state index in [0.717, 1.165) is 37.4 Å². The smallest absolute Gasteiger partial charge is 0.430 e. The van der Waals surface area contributed by atoms with Gasteiger partial charge in [0, 0.05) is 18.0 Å². The van der Waals surface area contributed by atoms with Crippen molar-refractivity contribution in [1.82, 2.24) is 0 Å². The first-order chi connectivity index (χ1) is 16.0. The van der Waals surface area contributed by atoms with Crippen LogP contribution < -0.4 is 4.74 Å². The molecule has 0 heterocycles. The van der Waals surface area contributed by atoms with Crippen LogP contribution in [0.3, 0.4) is 0 Å². The van der Waals surface area contributed by atoms with E-state index >= 15 is 0 Å². The topological polar surface area (TPSA) is 27.7 Å². The number of methoxy groups -OCH3 is 1. The Morgan fingerprint density at radius 3 is 2.21 bits per heavy atom. The Kier molecular flexibility index (Phi) is 10.3. The summed E-state index contributed by atoms with van der Waals surface area (Å²) in [5.41, 5.74) is -4.05. The second kappa shape index (κ2) is 12.3. The van der Waals surface area contributed by atoms with Crippen LogP contribution in [-0.4, -0.2) is 38.2 Å². The predicted molar refractivity (Wildman–Crippen MR) is 121 cm³/mol. The first kappa shape index (κ1) is 28.5. The molecule has 0 spiro atoms. The van der Waals surface area contributed by atoms with Crippen molar-refractivity contribution in [3.8, 4) is 16.9 Å². The molecule has 0 radical (unpaired) electrons. The van der Waals surface area contributed by atoms with Crippen LogP contribution in [0.4, 0.5) is 26.3 Å². The summed E-state index contributed by atoms with van der Waals surface area (Å²) >= 11 is 3.35. The molecule has 0 fully saturated rings. The molecule has 0 amide bonds. The molecule has 0 aliphatic carbocycles. The number of rotatable bonds is 12. The fourth-order valence-electron chi connectivity index (χ4n) is 3.59. The lowest BCUT2D eigenvalue weighted by Gasteiger charge is -2.37. The molecule has 0 aliphatic heterocycles. The molecule has 10 heteroatoms. The first-order valence-corrected chi connectivity index (χ1v) is 11.8. The van der Waals surface area contributed by atoms with Crippen molar-refractivity contribution in [2.75, 3.05) is 25.8 Å². The maximum atomic E-state index is 13.9. The largest absolute Gasteiger partial charge is 0.494 e.